The number of aryl methyl sites for hydroxylation is 1. The Hall–Kier alpha value is -1.43. The minimum Gasteiger partial charge on any atom is -0.380 e. The van der Waals surface area contributed by atoms with Gasteiger partial charge in [-0.3, -0.25) is 14.6 Å². The molecule has 132 valence electrons. The maximum atomic E-state index is 12.2. The normalized spacial score (nSPS) is 21.4. The van der Waals surface area contributed by atoms with Crippen LogP contribution in [0.25, 0.3) is 0 Å². The molecule has 0 aromatic heterocycles. The van der Waals surface area contributed by atoms with E-state index in [1.54, 1.807) is 0 Å². The van der Waals surface area contributed by atoms with Crippen molar-refractivity contribution in [1.29, 1.82) is 0 Å². The van der Waals surface area contributed by atoms with Crippen LogP contribution in [-0.2, 0) is 9.53 Å². The molecule has 0 spiro atoms. The number of ether oxygens (including phenoxy) is 1. The second-order valence-corrected chi connectivity index (χ2v) is 6.93. The molecule has 0 unspecified atom stereocenters. The molecule has 1 aromatic rings. The van der Waals surface area contributed by atoms with E-state index in [-0.39, 0.29) is 5.91 Å². The summed E-state index contributed by atoms with van der Waals surface area (Å²) in [5.41, 5.74) is 2.05. The van der Waals surface area contributed by atoms with Gasteiger partial charge in [0.25, 0.3) is 0 Å². The zero-order valence-corrected chi connectivity index (χ0v) is 14.7. The maximum Gasteiger partial charge on any atom is 0.238 e. The Morgan fingerprint density at radius 3 is 2.83 bits per heavy atom. The standard InChI is InChI=1S/C19H29N3O2/c1-16-4-2-5-17(14-16)20-19(23)15-21-9-6-18(7-10-21)22-8-3-12-24-13-11-22/h2,4-5,14,18H,3,6-13,15H2,1H3,(H,20,23). The second kappa shape index (κ2) is 8.60. The van der Waals surface area contributed by atoms with Crippen molar-refractivity contribution in [3.05, 3.63) is 29.8 Å². The monoisotopic (exact) mass is 331 g/mol. The summed E-state index contributed by atoms with van der Waals surface area (Å²) in [5.74, 6) is 0.0854. The Balaban J connectivity index is 1.42. The van der Waals surface area contributed by atoms with Crippen molar-refractivity contribution in [2.24, 2.45) is 0 Å². The first kappa shape index (κ1) is 17.4. The third kappa shape index (κ3) is 5.03. The fourth-order valence-corrected chi connectivity index (χ4v) is 3.70. The first-order chi connectivity index (χ1) is 11.7. The summed E-state index contributed by atoms with van der Waals surface area (Å²) >= 11 is 0. The maximum absolute atomic E-state index is 12.2. The Bertz CT molecular complexity index is 533. The molecule has 0 saturated carbocycles. The van der Waals surface area contributed by atoms with Crippen molar-refractivity contribution in [2.45, 2.75) is 32.2 Å². The molecule has 5 heteroatoms. The fraction of sp³-hybridized carbons (Fsp3) is 0.632. The van der Waals surface area contributed by atoms with Gasteiger partial charge >= 0.3 is 0 Å². The van der Waals surface area contributed by atoms with Gasteiger partial charge in [-0.15, -0.1) is 0 Å². The fourth-order valence-electron chi connectivity index (χ4n) is 3.70. The molecule has 2 fully saturated rings. The van der Waals surface area contributed by atoms with Crippen LogP contribution in [0.3, 0.4) is 0 Å². The van der Waals surface area contributed by atoms with Crippen LogP contribution in [0.2, 0.25) is 0 Å². The molecule has 2 aliphatic rings. The van der Waals surface area contributed by atoms with Gasteiger partial charge in [0, 0.05) is 44.5 Å². The van der Waals surface area contributed by atoms with E-state index in [9.17, 15) is 4.79 Å². The van der Waals surface area contributed by atoms with E-state index < -0.39 is 0 Å². The van der Waals surface area contributed by atoms with Gasteiger partial charge in [-0.2, -0.15) is 0 Å². The SMILES string of the molecule is Cc1cccc(NC(=O)CN2CCC(N3CCCOCC3)CC2)c1. The van der Waals surface area contributed by atoms with Crippen LogP contribution < -0.4 is 5.32 Å². The molecule has 0 radical (unpaired) electrons. The Labute approximate surface area is 145 Å². The van der Waals surface area contributed by atoms with Crippen molar-refractivity contribution in [3.63, 3.8) is 0 Å². The average molecular weight is 331 g/mol. The van der Waals surface area contributed by atoms with Crippen molar-refractivity contribution >= 4 is 11.6 Å². The highest BCUT2D eigenvalue weighted by Crippen LogP contribution is 2.18. The number of anilines is 1. The van der Waals surface area contributed by atoms with Crippen molar-refractivity contribution < 1.29 is 9.53 Å². The van der Waals surface area contributed by atoms with Crippen LogP contribution in [0.4, 0.5) is 5.69 Å². The molecule has 24 heavy (non-hydrogen) atoms. The van der Waals surface area contributed by atoms with Crippen LogP contribution in [-0.4, -0.2) is 67.7 Å². The second-order valence-electron chi connectivity index (χ2n) is 6.93. The predicted octanol–water partition coefficient (Wildman–Crippen LogP) is 2.12. The molecule has 5 nitrogen and oxygen atoms in total. The van der Waals surface area contributed by atoms with Crippen LogP contribution in [0, 0.1) is 6.92 Å². The Morgan fingerprint density at radius 1 is 1.21 bits per heavy atom. The number of nitrogens with one attached hydrogen (secondary N) is 1. The summed E-state index contributed by atoms with van der Waals surface area (Å²) in [5, 5.41) is 3.01. The first-order valence-electron chi connectivity index (χ1n) is 9.11. The number of hydrogen-bond acceptors (Lipinski definition) is 4. The summed E-state index contributed by atoms with van der Waals surface area (Å²) in [4.78, 5) is 17.1. The number of amides is 1. The summed E-state index contributed by atoms with van der Waals surface area (Å²) in [6, 6.07) is 8.61. The summed E-state index contributed by atoms with van der Waals surface area (Å²) in [7, 11) is 0. The predicted molar refractivity (Wildman–Crippen MR) is 96.3 cm³/mol. The molecule has 1 aromatic carbocycles. The quantitative estimate of drug-likeness (QED) is 0.918. The number of carbonyl (C=O) groups excluding carboxylic acids is 1. The molecule has 2 heterocycles. The van der Waals surface area contributed by atoms with Crippen LogP contribution >= 0.6 is 0 Å². The summed E-state index contributed by atoms with van der Waals surface area (Å²) < 4.78 is 5.55. The lowest BCUT2D eigenvalue weighted by molar-refractivity contribution is -0.117. The van der Waals surface area contributed by atoms with E-state index in [2.05, 4.69) is 15.1 Å². The van der Waals surface area contributed by atoms with E-state index >= 15 is 0 Å². The third-order valence-electron chi connectivity index (χ3n) is 5.00. The van der Waals surface area contributed by atoms with Crippen LogP contribution in [0.1, 0.15) is 24.8 Å². The average Bonchev–Trinajstić information content (AvgIpc) is 2.85. The number of rotatable bonds is 4. The molecule has 2 saturated heterocycles. The van der Waals surface area contributed by atoms with Gasteiger partial charge in [0.05, 0.1) is 13.2 Å². The van der Waals surface area contributed by atoms with Gasteiger partial charge in [-0.05, 0) is 43.9 Å². The van der Waals surface area contributed by atoms with Gasteiger partial charge in [-0.25, -0.2) is 0 Å². The van der Waals surface area contributed by atoms with Crippen molar-refractivity contribution in [2.75, 3.05) is 51.3 Å². The van der Waals surface area contributed by atoms with Gasteiger partial charge in [-0.1, -0.05) is 12.1 Å². The minimum absolute atomic E-state index is 0.0854. The zero-order chi connectivity index (χ0) is 16.8. The molecule has 0 aliphatic carbocycles. The zero-order valence-electron chi connectivity index (χ0n) is 14.7. The van der Waals surface area contributed by atoms with E-state index in [0.29, 0.717) is 12.6 Å². The number of hydrogen-bond donors (Lipinski definition) is 1. The molecule has 1 N–H and O–H groups in total. The molecular weight excluding hydrogens is 302 g/mol. The molecule has 3 rings (SSSR count). The largest absolute Gasteiger partial charge is 0.380 e. The van der Waals surface area contributed by atoms with Gasteiger partial charge in [0.1, 0.15) is 0 Å². The third-order valence-corrected chi connectivity index (χ3v) is 5.00. The number of nitrogens with zero attached hydrogens (tertiary/aromatic N) is 2. The number of carbonyl (C=O) groups is 1. The number of likely N-dealkylation sites (tertiary alicyclic amines) is 1. The smallest absolute Gasteiger partial charge is 0.238 e. The van der Waals surface area contributed by atoms with Crippen molar-refractivity contribution in [3.8, 4) is 0 Å². The lowest BCUT2D eigenvalue weighted by atomic mass is 10.0. The number of piperidine rings is 1. The highest BCUT2D eigenvalue weighted by Gasteiger charge is 2.25. The van der Waals surface area contributed by atoms with E-state index in [0.717, 1.165) is 69.9 Å². The molecule has 1 amide bonds. The van der Waals surface area contributed by atoms with Crippen LogP contribution in [0.15, 0.2) is 24.3 Å². The Kier molecular flexibility index (Phi) is 6.24. The molecule has 0 bridgehead atoms. The highest BCUT2D eigenvalue weighted by molar-refractivity contribution is 5.92. The molecule has 0 atom stereocenters. The van der Waals surface area contributed by atoms with Gasteiger partial charge in [0.15, 0.2) is 0 Å². The van der Waals surface area contributed by atoms with Gasteiger partial charge in [0.2, 0.25) is 5.91 Å². The Morgan fingerprint density at radius 2 is 2.04 bits per heavy atom. The van der Waals surface area contributed by atoms with Crippen molar-refractivity contribution in [1.82, 2.24) is 9.80 Å². The van der Waals surface area contributed by atoms with E-state index in [1.165, 1.54) is 0 Å². The summed E-state index contributed by atoms with van der Waals surface area (Å²) in [6.07, 6.45) is 3.44. The van der Waals surface area contributed by atoms with Gasteiger partial charge < -0.3 is 10.1 Å². The molecule has 2 aliphatic heterocycles. The van der Waals surface area contributed by atoms with E-state index in [1.807, 2.05) is 31.2 Å². The number of benzene rings is 1. The molecular formula is C19H29N3O2. The van der Waals surface area contributed by atoms with Crippen LogP contribution in [0.5, 0.6) is 0 Å². The lowest BCUT2D eigenvalue weighted by Gasteiger charge is -2.37. The topological polar surface area (TPSA) is 44.8 Å². The minimum atomic E-state index is 0.0854. The van der Waals surface area contributed by atoms with E-state index in [4.69, 9.17) is 4.74 Å². The summed E-state index contributed by atoms with van der Waals surface area (Å²) in [6.45, 7) is 8.50. The highest BCUT2D eigenvalue weighted by atomic mass is 16.5. The lowest BCUT2D eigenvalue weighted by Crippen LogP contribution is -2.47. The first-order valence-corrected chi connectivity index (χ1v) is 9.11.